The number of hydrogen-bond donors (Lipinski definition) is 0. The van der Waals surface area contributed by atoms with E-state index in [0.717, 1.165) is 17.3 Å². The first-order valence-corrected chi connectivity index (χ1v) is 6.83. The van der Waals surface area contributed by atoms with E-state index >= 15 is 0 Å². The summed E-state index contributed by atoms with van der Waals surface area (Å²) in [6.07, 6.45) is 4.24. The summed E-state index contributed by atoms with van der Waals surface area (Å²) in [6.45, 7) is 1.09. The van der Waals surface area contributed by atoms with Gasteiger partial charge in [0.05, 0.1) is 12.1 Å². The minimum absolute atomic E-state index is 0.000504. The zero-order valence-electron chi connectivity index (χ0n) is 11.5. The fraction of sp³-hybridized carbons (Fsp3) is 0.188. The highest BCUT2D eigenvalue weighted by Gasteiger charge is 2.00. The number of rotatable bonds is 5. The Labute approximate surface area is 121 Å². The third-order valence-electron chi connectivity index (χ3n) is 3.14. The van der Waals surface area contributed by atoms with Gasteiger partial charge in [0.25, 0.3) is 0 Å². The molecule has 0 amide bonds. The van der Waals surface area contributed by atoms with E-state index in [9.17, 15) is 4.79 Å². The van der Waals surface area contributed by atoms with Crippen LogP contribution in [0.3, 0.4) is 0 Å². The van der Waals surface area contributed by atoms with Crippen LogP contribution in [-0.4, -0.2) is 21.1 Å². The van der Waals surface area contributed by atoms with Crippen LogP contribution in [0.2, 0.25) is 0 Å². The molecule has 0 saturated heterocycles. The predicted octanol–water partition coefficient (Wildman–Crippen LogP) is 2.26. The number of para-hydroxylation sites is 1. The molecule has 0 atom stereocenters. The predicted molar refractivity (Wildman–Crippen MR) is 80.4 cm³/mol. The summed E-state index contributed by atoms with van der Waals surface area (Å²) in [7, 11) is 0. The molecular formula is C16H15N3O2. The molecule has 0 N–H and O–H groups in total. The largest absolute Gasteiger partial charge is 0.463 e. The highest BCUT2D eigenvalue weighted by molar-refractivity contribution is 5.77. The Morgan fingerprint density at radius 1 is 1.10 bits per heavy atom. The Morgan fingerprint density at radius 3 is 2.86 bits per heavy atom. The van der Waals surface area contributed by atoms with Crippen LogP contribution in [0.5, 0.6) is 6.01 Å². The number of nitrogens with zero attached hydrogens (tertiary/aromatic N) is 3. The molecule has 0 radical (unpaired) electrons. The first-order valence-electron chi connectivity index (χ1n) is 6.83. The zero-order chi connectivity index (χ0) is 14.5. The molecule has 2 aromatic heterocycles. The van der Waals surface area contributed by atoms with Crippen LogP contribution >= 0.6 is 0 Å². The maximum absolute atomic E-state index is 11.5. The van der Waals surface area contributed by atoms with Crippen molar-refractivity contribution in [3.63, 3.8) is 0 Å². The summed E-state index contributed by atoms with van der Waals surface area (Å²) >= 11 is 0. The molecule has 106 valence electrons. The highest BCUT2D eigenvalue weighted by Crippen LogP contribution is 2.12. The summed E-state index contributed by atoms with van der Waals surface area (Å²) in [5.74, 6) is 0. The fourth-order valence-corrected chi connectivity index (χ4v) is 2.07. The second-order valence-corrected chi connectivity index (χ2v) is 4.65. The molecule has 21 heavy (non-hydrogen) atoms. The topological polar surface area (TPSA) is 57.0 Å². The summed E-state index contributed by atoms with van der Waals surface area (Å²) in [5, 5.41) is 0.987. The fourth-order valence-electron chi connectivity index (χ4n) is 2.07. The van der Waals surface area contributed by atoms with Gasteiger partial charge in [-0.3, -0.25) is 4.79 Å². The van der Waals surface area contributed by atoms with E-state index in [4.69, 9.17) is 4.74 Å². The van der Waals surface area contributed by atoms with Crippen molar-refractivity contribution in [2.75, 3.05) is 6.61 Å². The van der Waals surface area contributed by atoms with Crippen LogP contribution in [-0.2, 0) is 6.54 Å². The van der Waals surface area contributed by atoms with E-state index in [1.165, 1.54) is 0 Å². The average Bonchev–Trinajstić information content (AvgIpc) is 2.53. The molecule has 0 bridgehead atoms. The molecule has 0 unspecified atom stereocenters. The van der Waals surface area contributed by atoms with Crippen molar-refractivity contribution >= 4 is 10.9 Å². The van der Waals surface area contributed by atoms with Gasteiger partial charge in [0.1, 0.15) is 0 Å². The molecule has 0 aliphatic heterocycles. The van der Waals surface area contributed by atoms with Crippen molar-refractivity contribution in [2.24, 2.45) is 0 Å². The Morgan fingerprint density at radius 2 is 1.95 bits per heavy atom. The van der Waals surface area contributed by atoms with Crippen LogP contribution in [0.25, 0.3) is 10.9 Å². The second kappa shape index (κ2) is 6.17. The van der Waals surface area contributed by atoms with Crippen LogP contribution in [0.1, 0.15) is 6.42 Å². The average molecular weight is 281 g/mol. The van der Waals surface area contributed by atoms with Crippen LogP contribution in [0.4, 0.5) is 0 Å². The number of ether oxygens (including phenoxy) is 1. The van der Waals surface area contributed by atoms with Gasteiger partial charge >= 0.3 is 6.01 Å². The van der Waals surface area contributed by atoms with Gasteiger partial charge in [0.15, 0.2) is 0 Å². The molecule has 0 saturated carbocycles. The standard InChI is InChI=1S/C16H15N3O2/c20-15-8-3-4-9-19(15)10-5-11-21-16-17-12-13-6-1-2-7-14(13)18-16/h1-4,6-9,12H,5,10-11H2. The second-order valence-electron chi connectivity index (χ2n) is 4.65. The summed E-state index contributed by atoms with van der Waals surface area (Å²) < 4.78 is 7.20. The van der Waals surface area contributed by atoms with E-state index < -0.39 is 0 Å². The molecule has 0 spiro atoms. The quantitative estimate of drug-likeness (QED) is 0.673. The molecule has 3 aromatic rings. The van der Waals surface area contributed by atoms with Gasteiger partial charge < -0.3 is 9.30 Å². The number of benzene rings is 1. The van der Waals surface area contributed by atoms with Gasteiger partial charge in [-0.1, -0.05) is 24.3 Å². The third-order valence-corrected chi connectivity index (χ3v) is 3.14. The normalized spacial score (nSPS) is 10.7. The van der Waals surface area contributed by atoms with Gasteiger partial charge in [-0.2, -0.15) is 4.98 Å². The monoisotopic (exact) mass is 281 g/mol. The van der Waals surface area contributed by atoms with E-state index in [-0.39, 0.29) is 5.56 Å². The number of fused-ring (bicyclic) bond motifs is 1. The van der Waals surface area contributed by atoms with Gasteiger partial charge in [0.2, 0.25) is 5.56 Å². The minimum Gasteiger partial charge on any atom is -0.463 e. The van der Waals surface area contributed by atoms with Gasteiger partial charge in [-0.05, 0) is 18.6 Å². The summed E-state index contributed by atoms with van der Waals surface area (Å²) in [4.78, 5) is 20.0. The van der Waals surface area contributed by atoms with E-state index in [1.807, 2.05) is 30.3 Å². The Kier molecular flexibility index (Phi) is 3.91. The number of aromatic nitrogens is 3. The Bertz CT molecular complexity index is 798. The lowest BCUT2D eigenvalue weighted by atomic mass is 10.2. The highest BCUT2D eigenvalue weighted by atomic mass is 16.5. The third kappa shape index (κ3) is 3.25. The molecule has 0 fully saturated rings. The maximum Gasteiger partial charge on any atom is 0.316 e. The van der Waals surface area contributed by atoms with Gasteiger partial charge in [-0.15, -0.1) is 0 Å². The van der Waals surface area contributed by atoms with Crippen LogP contribution in [0, 0.1) is 0 Å². The lowest BCUT2D eigenvalue weighted by Crippen LogP contribution is -2.19. The van der Waals surface area contributed by atoms with Crippen molar-refractivity contribution in [3.8, 4) is 6.01 Å². The Hall–Kier alpha value is -2.69. The van der Waals surface area contributed by atoms with E-state index in [2.05, 4.69) is 9.97 Å². The summed E-state index contributed by atoms with van der Waals surface area (Å²) in [5.41, 5.74) is 0.862. The van der Waals surface area contributed by atoms with E-state index in [1.54, 1.807) is 29.1 Å². The molecule has 2 heterocycles. The van der Waals surface area contributed by atoms with Crippen LogP contribution < -0.4 is 10.3 Å². The Balaban J connectivity index is 1.57. The van der Waals surface area contributed by atoms with Crippen LogP contribution in [0.15, 0.2) is 59.7 Å². The van der Waals surface area contributed by atoms with Gasteiger partial charge in [-0.25, -0.2) is 4.98 Å². The number of aryl methyl sites for hydroxylation is 1. The molecule has 5 nitrogen and oxygen atoms in total. The lowest BCUT2D eigenvalue weighted by molar-refractivity contribution is 0.279. The minimum atomic E-state index is -0.000504. The smallest absolute Gasteiger partial charge is 0.316 e. The van der Waals surface area contributed by atoms with E-state index in [0.29, 0.717) is 19.2 Å². The lowest BCUT2D eigenvalue weighted by Gasteiger charge is -2.06. The molecule has 3 rings (SSSR count). The first kappa shape index (κ1) is 13.3. The zero-order valence-corrected chi connectivity index (χ0v) is 11.5. The number of pyridine rings is 1. The SMILES string of the molecule is O=c1ccccn1CCCOc1ncc2ccccc2n1. The van der Waals surface area contributed by atoms with Crippen molar-refractivity contribution in [1.82, 2.24) is 14.5 Å². The molecule has 0 aliphatic carbocycles. The molecule has 5 heteroatoms. The first-order chi connectivity index (χ1) is 10.3. The van der Waals surface area contributed by atoms with Gasteiger partial charge in [0, 0.05) is 30.4 Å². The summed E-state index contributed by atoms with van der Waals surface area (Å²) in [6, 6.07) is 13.3. The maximum atomic E-state index is 11.5. The number of hydrogen-bond acceptors (Lipinski definition) is 4. The molecular weight excluding hydrogens is 266 g/mol. The van der Waals surface area contributed by atoms with Crippen molar-refractivity contribution in [3.05, 3.63) is 65.2 Å². The van der Waals surface area contributed by atoms with Crippen molar-refractivity contribution in [1.29, 1.82) is 0 Å². The molecule has 1 aromatic carbocycles. The van der Waals surface area contributed by atoms with Crippen molar-refractivity contribution < 1.29 is 4.74 Å². The molecule has 0 aliphatic rings. The van der Waals surface area contributed by atoms with Crippen molar-refractivity contribution in [2.45, 2.75) is 13.0 Å².